The molecule has 0 atom stereocenters. The van der Waals surface area contributed by atoms with E-state index in [0.717, 1.165) is 35.8 Å². The molecule has 102 valence electrons. The number of nitrogens with zero attached hydrogens (tertiary/aromatic N) is 1. The van der Waals surface area contributed by atoms with Crippen LogP contribution in [0.25, 0.3) is 10.6 Å². The van der Waals surface area contributed by atoms with Crippen molar-refractivity contribution in [3.8, 4) is 10.6 Å². The van der Waals surface area contributed by atoms with Gasteiger partial charge in [-0.25, -0.2) is 9.37 Å². The zero-order valence-electron chi connectivity index (χ0n) is 11.6. The summed E-state index contributed by atoms with van der Waals surface area (Å²) >= 11 is 1.57. The van der Waals surface area contributed by atoms with Crippen LogP contribution in [0.3, 0.4) is 0 Å². The highest BCUT2D eigenvalue weighted by Gasteiger charge is 2.12. The lowest BCUT2D eigenvalue weighted by molar-refractivity contribution is 0.630. The van der Waals surface area contributed by atoms with E-state index in [4.69, 9.17) is 0 Å². The maximum atomic E-state index is 13.9. The van der Waals surface area contributed by atoms with Crippen LogP contribution in [-0.2, 0) is 6.54 Å². The van der Waals surface area contributed by atoms with Gasteiger partial charge in [0.05, 0.1) is 5.69 Å². The van der Waals surface area contributed by atoms with Crippen LogP contribution in [0.5, 0.6) is 0 Å². The first-order valence-electron chi connectivity index (χ1n) is 6.55. The Morgan fingerprint density at radius 1 is 1.32 bits per heavy atom. The summed E-state index contributed by atoms with van der Waals surface area (Å²) < 4.78 is 13.9. The molecule has 0 aliphatic heterocycles. The van der Waals surface area contributed by atoms with E-state index in [0.29, 0.717) is 5.56 Å². The topological polar surface area (TPSA) is 24.9 Å². The van der Waals surface area contributed by atoms with Crippen LogP contribution in [0, 0.1) is 19.7 Å². The standard InChI is InChI=1S/C15H19FN2S/c1-4-7-17-9-14-11(3)18-15(19-14)12-6-5-10(2)8-13(12)16/h5-6,8,17H,4,7,9H2,1-3H3. The van der Waals surface area contributed by atoms with Crippen molar-refractivity contribution in [2.24, 2.45) is 0 Å². The van der Waals surface area contributed by atoms with Gasteiger partial charge in [0.1, 0.15) is 10.8 Å². The van der Waals surface area contributed by atoms with Crippen molar-refractivity contribution >= 4 is 11.3 Å². The van der Waals surface area contributed by atoms with Crippen LogP contribution in [0.15, 0.2) is 18.2 Å². The molecule has 0 spiro atoms. The quantitative estimate of drug-likeness (QED) is 0.834. The van der Waals surface area contributed by atoms with Crippen LogP contribution in [0.1, 0.15) is 29.5 Å². The van der Waals surface area contributed by atoms with Gasteiger partial charge in [-0.05, 0) is 44.5 Å². The molecule has 2 rings (SSSR count). The number of aromatic nitrogens is 1. The minimum absolute atomic E-state index is 0.193. The maximum absolute atomic E-state index is 13.9. The number of aryl methyl sites for hydroxylation is 2. The summed E-state index contributed by atoms with van der Waals surface area (Å²) in [6.45, 7) is 7.81. The number of hydrogen-bond donors (Lipinski definition) is 1. The van der Waals surface area contributed by atoms with Crippen LogP contribution < -0.4 is 5.32 Å². The SMILES string of the molecule is CCCNCc1sc(-c2ccc(C)cc2F)nc1C. The molecular weight excluding hydrogens is 259 g/mol. The Morgan fingerprint density at radius 2 is 2.11 bits per heavy atom. The Bertz CT molecular complexity index is 563. The lowest BCUT2D eigenvalue weighted by Gasteiger charge is -2.00. The largest absolute Gasteiger partial charge is 0.312 e. The fourth-order valence-electron chi connectivity index (χ4n) is 1.88. The Hall–Kier alpha value is -1.26. The molecule has 0 unspecified atom stereocenters. The summed E-state index contributed by atoms with van der Waals surface area (Å²) in [5.74, 6) is -0.193. The summed E-state index contributed by atoms with van der Waals surface area (Å²) in [5.41, 5.74) is 2.52. The number of thiazole rings is 1. The summed E-state index contributed by atoms with van der Waals surface area (Å²) in [6, 6.07) is 5.29. The molecule has 0 aliphatic carbocycles. The number of halogens is 1. The zero-order valence-corrected chi connectivity index (χ0v) is 12.4. The van der Waals surface area contributed by atoms with E-state index in [2.05, 4.69) is 17.2 Å². The fraction of sp³-hybridized carbons (Fsp3) is 0.400. The Labute approximate surface area is 117 Å². The molecule has 2 nitrogen and oxygen atoms in total. The molecule has 2 aromatic rings. The molecule has 1 aromatic heterocycles. The number of benzene rings is 1. The number of hydrogen-bond acceptors (Lipinski definition) is 3. The number of rotatable bonds is 5. The van der Waals surface area contributed by atoms with Crippen LogP contribution >= 0.6 is 11.3 Å². The van der Waals surface area contributed by atoms with Gasteiger partial charge in [-0.3, -0.25) is 0 Å². The highest BCUT2D eigenvalue weighted by Crippen LogP contribution is 2.30. The normalized spacial score (nSPS) is 10.9. The van der Waals surface area contributed by atoms with E-state index in [1.54, 1.807) is 17.4 Å². The Morgan fingerprint density at radius 3 is 2.79 bits per heavy atom. The summed E-state index contributed by atoms with van der Waals surface area (Å²) in [4.78, 5) is 5.67. The average molecular weight is 278 g/mol. The van der Waals surface area contributed by atoms with Gasteiger partial charge in [-0.1, -0.05) is 13.0 Å². The van der Waals surface area contributed by atoms with E-state index in [1.165, 1.54) is 4.88 Å². The van der Waals surface area contributed by atoms with Gasteiger partial charge in [0.2, 0.25) is 0 Å². The van der Waals surface area contributed by atoms with Crippen molar-refractivity contribution in [2.45, 2.75) is 33.7 Å². The fourth-order valence-corrected chi connectivity index (χ4v) is 2.94. The third-order valence-electron chi connectivity index (χ3n) is 2.96. The van der Waals surface area contributed by atoms with Crippen LogP contribution in [0.4, 0.5) is 4.39 Å². The molecule has 0 saturated carbocycles. The van der Waals surface area contributed by atoms with Crippen molar-refractivity contribution < 1.29 is 4.39 Å². The van der Waals surface area contributed by atoms with E-state index >= 15 is 0 Å². The minimum atomic E-state index is -0.193. The molecule has 0 bridgehead atoms. The number of nitrogens with one attached hydrogen (secondary N) is 1. The molecular formula is C15H19FN2S. The van der Waals surface area contributed by atoms with Gasteiger partial charge in [0.25, 0.3) is 0 Å². The van der Waals surface area contributed by atoms with Crippen molar-refractivity contribution in [3.63, 3.8) is 0 Å². The van der Waals surface area contributed by atoms with Gasteiger partial charge in [-0.2, -0.15) is 0 Å². The second kappa shape index (κ2) is 6.26. The summed E-state index contributed by atoms with van der Waals surface area (Å²) in [6.07, 6.45) is 1.11. The van der Waals surface area contributed by atoms with Crippen molar-refractivity contribution in [2.75, 3.05) is 6.54 Å². The van der Waals surface area contributed by atoms with Gasteiger partial charge in [0.15, 0.2) is 0 Å². The predicted molar refractivity (Wildman–Crippen MR) is 79.0 cm³/mol. The molecule has 1 N–H and O–H groups in total. The highest BCUT2D eigenvalue weighted by molar-refractivity contribution is 7.15. The van der Waals surface area contributed by atoms with Gasteiger partial charge in [0, 0.05) is 17.0 Å². The first-order valence-corrected chi connectivity index (χ1v) is 7.37. The van der Waals surface area contributed by atoms with Gasteiger partial charge in [-0.15, -0.1) is 11.3 Å². The van der Waals surface area contributed by atoms with Crippen LogP contribution in [-0.4, -0.2) is 11.5 Å². The lowest BCUT2D eigenvalue weighted by Crippen LogP contribution is -2.13. The van der Waals surface area contributed by atoms with E-state index < -0.39 is 0 Å². The molecule has 1 aromatic carbocycles. The van der Waals surface area contributed by atoms with Crippen LogP contribution in [0.2, 0.25) is 0 Å². The molecule has 0 radical (unpaired) electrons. The lowest BCUT2D eigenvalue weighted by atomic mass is 10.1. The second-order valence-corrected chi connectivity index (χ2v) is 5.77. The molecule has 1 heterocycles. The van der Waals surface area contributed by atoms with E-state index in [-0.39, 0.29) is 5.82 Å². The zero-order chi connectivity index (χ0) is 13.8. The molecule has 0 amide bonds. The van der Waals surface area contributed by atoms with Crippen molar-refractivity contribution in [3.05, 3.63) is 40.2 Å². The van der Waals surface area contributed by atoms with E-state index in [9.17, 15) is 4.39 Å². The Kier molecular flexibility index (Phi) is 4.66. The summed E-state index contributed by atoms with van der Waals surface area (Å²) in [7, 11) is 0. The second-order valence-electron chi connectivity index (χ2n) is 4.69. The first kappa shape index (κ1) is 14.2. The molecule has 0 aliphatic rings. The highest BCUT2D eigenvalue weighted by atomic mass is 32.1. The molecule has 19 heavy (non-hydrogen) atoms. The first-order chi connectivity index (χ1) is 9.11. The smallest absolute Gasteiger partial charge is 0.133 e. The predicted octanol–water partition coefficient (Wildman–Crippen LogP) is 4.07. The molecule has 0 fully saturated rings. The average Bonchev–Trinajstić information content (AvgIpc) is 2.71. The monoisotopic (exact) mass is 278 g/mol. The molecule has 0 saturated heterocycles. The van der Waals surface area contributed by atoms with Crippen molar-refractivity contribution in [1.29, 1.82) is 0 Å². The van der Waals surface area contributed by atoms with Crippen molar-refractivity contribution in [1.82, 2.24) is 10.3 Å². The third kappa shape index (κ3) is 3.39. The van der Waals surface area contributed by atoms with Gasteiger partial charge >= 0.3 is 0 Å². The minimum Gasteiger partial charge on any atom is -0.312 e. The molecule has 4 heteroatoms. The van der Waals surface area contributed by atoms with E-state index in [1.807, 2.05) is 26.0 Å². The maximum Gasteiger partial charge on any atom is 0.133 e. The van der Waals surface area contributed by atoms with Gasteiger partial charge < -0.3 is 5.32 Å². The summed E-state index contributed by atoms with van der Waals surface area (Å²) in [5, 5.41) is 4.12. The third-order valence-corrected chi connectivity index (χ3v) is 4.15. The Balaban J connectivity index is 2.23.